The molecule has 7 nitrogen and oxygen atoms in total. The van der Waals surface area contributed by atoms with E-state index < -0.39 is 0 Å². The number of likely N-dealkylation sites (tertiary alicyclic amines) is 1. The average Bonchev–Trinajstić information content (AvgIpc) is 3.22. The van der Waals surface area contributed by atoms with Crippen molar-refractivity contribution in [2.75, 3.05) is 26.8 Å². The molecule has 1 fully saturated rings. The van der Waals surface area contributed by atoms with Crippen molar-refractivity contribution < 1.29 is 9.53 Å². The molecule has 8 heteroatoms. The number of nitrogens with one attached hydrogen (secondary N) is 1. The van der Waals surface area contributed by atoms with E-state index in [2.05, 4.69) is 20.3 Å². The summed E-state index contributed by atoms with van der Waals surface area (Å²) in [6, 6.07) is 2.08. The molecule has 1 aliphatic heterocycles. The summed E-state index contributed by atoms with van der Waals surface area (Å²) < 4.78 is 6.83. The SMILES string of the molecule is COCC(=O)N[C@@H]1CN(Cc2scnc2C)C[C@H]1c1ccnn1C. The summed E-state index contributed by atoms with van der Waals surface area (Å²) in [6.45, 7) is 4.68. The van der Waals surface area contributed by atoms with Gasteiger partial charge in [-0.25, -0.2) is 4.98 Å². The number of hydrogen-bond donors (Lipinski definition) is 1. The van der Waals surface area contributed by atoms with Gasteiger partial charge in [0.25, 0.3) is 0 Å². The summed E-state index contributed by atoms with van der Waals surface area (Å²) >= 11 is 1.68. The van der Waals surface area contributed by atoms with Crippen molar-refractivity contribution >= 4 is 17.2 Å². The molecule has 0 aromatic carbocycles. The van der Waals surface area contributed by atoms with E-state index in [0.29, 0.717) is 0 Å². The van der Waals surface area contributed by atoms with Crippen LogP contribution >= 0.6 is 11.3 Å². The highest BCUT2D eigenvalue weighted by atomic mass is 32.1. The summed E-state index contributed by atoms with van der Waals surface area (Å²) in [6.07, 6.45) is 1.80. The van der Waals surface area contributed by atoms with Gasteiger partial charge < -0.3 is 10.1 Å². The maximum atomic E-state index is 12.0. The highest BCUT2D eigenvalue weighted by Gasteiger charge is 2.36. The number of aromatic nitrogens is 3. The molecule has 3 heterocycles. The monoisotopic (exact) mass is 349 g/mol. The lowest BCUT2D eigenvalue weighted by Gasteiger charge is -2.20. The second-order valence-electron chi connectivity index (χ2n) is 6.15. The molecule has 1 aliphatic rings. The van der Waals surface area contributed by atoms with E-state index in [0.717, 1.165) is 31.0 Å². The van der Waals surface area contributed by atoms with Gasteiger partial charge in [-0.15, -0.1) is 11.3 Å². The fourth-order valence-corrected chi connectivity index (χ4v) is 4.09. The molecule has 0 spiro atoms. The Bertz CT molecular complexity index is 698. The first-order valence-electron chi connectivity index (χ1n) is 7.96. The first-order valence-corrected chi connectivity index (χ1v) is 8.84. The van der Waals surface area contributed by atoms with E-state index in [1.165, 1.54) is 12.0 Å². The number of thiazole rings is 1. The summed E-state index contributed by atoms with van der Waals surface area (Å²) in [4.78, 5) is 20.0. The third kappa shape index (κ3) is 3.66. The van der Waals surface area contributed by atoms with Crippen LogP contribution in [0.3, 0.4) is 0 Å². The van der Waals surface area contributed by atoms with Crippen molar-refractivity contribution in [3.05, 3.63) is 34.0 Å². The van der Waals surface area contributed by atoms with Crippen molar-refractivity contribution in [1.29, 1.82) is 0 Å². The molecule has 24 heavy (non-hydrogen) atoms. The van der Waals surface area contributed by atoms with Crippen molar-refractivity contribution in [3.63, 3.8) is 0 Å². The lowest BCUT2D eigenvalue weighted by Crippen LogP contribution is -2.41. The Balaban J connectivity index is 1.75. The Morgan fingerprint density at radius 2 is 2.33 bits per heavy atom. The molecule has 0 unspecified atom stereocenters. The second kappa shape index (κ2) is 7.42. The van der Waals surface area contributed by atoms with Gasteiger partial charge in [0.05, 0.1) is 17.2 Å². The molecule has 2 aromatic rings. The van der Waals surface area contributed by atoms with Crippen LogP contribution in [0.25, 0.3) is 0 Å². The van der Waals surface area contributed by atoms with E-state index in [9.17, 15) is 4.79 Å². The van der Waals surface area contributed by atoms with Crippen molar-refractivity contribution in [2.24, 2.45) is 7.05 Å². The van der Waals surface area contributed by atoms with Crippen LogP contribution in [0.4, 0.5) is 0 Å². The molecule has 1 amide bonds. The van der Waals surface area contributed by atoms with Gasteiger partial charge in [-0.1, -0.05) is 0 Å². The van der Waals surface area contributed by atoms with Crippen molar-refractivity contribution in [2.45, 2.75) is 25.4 Å². The molecular formula is C16H23N5O2S. The Labute approximate surface area is 145 Å². The van der Waals surface area contributed by atoms with Gasteiger partial charge in [0.2, 0.25) is 5.91 Å². The summed E-state index contributed by atoms with van der Waals surface area (Å²) in [7, 11) is 3.48. The van der Waals surface area contributed by atoms with Gasteiger partial charge in [0.15, 0.2) is 0 Å². The molecule has 0 aliphatic carbocycles. The third-order valence-electron chi connectivity index (χ3n) is 4.47. The molecule has 0 saturated carbocycles. The molecule has 3 rings (SSSR count). The standard InChI is InChI=1S/C16H23N5O2S/c1-11-15(24-10-17-11)8-21-6-12(14-4-5-18-20(14)2)13(7-21)19-16(22)9-23-3/h4-5,10,12-13H,6-9H2,1-3H3,(H,19,22)/t12-,13-/m1/s1. The molecule has 2 atom stereocenters. The van der Waals surface area contributed by atoms with Gasteiger partial charge in [0.1, 0.15) is 6.61 Å². The number of nitrogens with zero attached hydrogens (tertiary/aromatic N) is 4. The zero-order valence-electron chi connectivity index (χ0n) is 14.2. The quantitative estimate of drug-likeness (QED) is 0.839. The van der Waals surface area contributed by atoms with E-state index in [1.54, 1.807) is 17.5 Å². The number of carbonyl (C=O) groups excluding carboxylic acids is 1. The highest BCUT2D eigenvalue weighted by Crippen LogP contribution is 2.29. The van der Waals surface area contributed by atoms with Gasteiger partial charge in [-0.2, -0.15) is 5.10 Å². The number of ether oxygens (including phenoxy) is 1. The van der Waals surface area contributed by atoms with E-state index >= 15 is 0 Å². The second-order valence-corrected chi connectivity index (χ2v) is 7.09. The summed E-state index contributed by atoms with van der Waals surface area (Å²) in [5.74, 6) is 0.136. The number of hydrogen-bond acceptors (Lipinski definition) is 6. The van der Waals surface area contributed by atoms with Gasteiger partial charge >= 0.3 is 0 Å². The normalized spacial score (nSPS) is 21.3. The van der Waals surface area contributed by atoms with Crippen LogP contribution < -0.4 is 5.32 Å². The largest absolute Gasteiger partial charge is 0.375 e. The minimum absolute atomic E-state index is 0.0521. The topological polar surface area (TPSA) is 72.3 Å². The maximum absolute atomic E-state index is 12.0. The Hall–Kier alpha value is -1.77. The molecule has 130 valence electrons. The molecule has 1 N–H and O–H groups in total. The minimum atomic E-state index is -0.0783. The van der Waals surface area contributed by atoms with E-state index in [1.807, 2.05) is 30.2 Å². The first kappa shape index (κ1) is 17.1. The van der Waals surface area contributed by atoms with Crippen LogP contribution in [0.1, 0.15) is 22.2 Å². The number of rotatable bonds is 6. The van der Waals surface area contributed by atoms with Gasteiger partial charge in [0, 0.05) is 56.5 Å². The molecule has 2 aromatic heterocycles. The van der Waals surface area contributed by atoms with E-state index in [-0.39, 0.29) is 24.5 Å². The predicted octanol–water partition coefficient (Wildman–Crippen LogP) is 0.916. The van der Waals surface area contributed by atoms with Crippen molar-refractivity contribution in [3.8, 4) is 0 Å². The number of amides is 1. The smallest absolute Gasteiger partial charge is 0.246 e. The number of aryl methyl sites for hydroxylation is 2. The molecule has 0 bridgehead atoms. The summed E-state index contributed by atoms with van der Waals surface area (Å²) in [5, 5.41) is 7.39. The van der Waals surface area contributed by atoms with Crippen LogP contribution in [0.2, 0.25) is 0 Å². The highest BCUT2D eigenvalue weighted by molar-refractivity contribution is 7.09. The lowest BCUT2D eigenvalue weighted by molar-refractivity contribution is -0.125. The first-order chi connectivity index (χ1) is 11.6. The maximum Gasteiger partial charge on any atom is 0.246 e. The van der Waals surface area contributed by atoms with Crippen molar-refractivity contribution in [1.82, 2.24) is 25.0 Å². The molecule has 0 radical (unpaired) electrons. The zero-order valence-corrected chi connectivity index (χ0v) is 15.0. The predicted molar refractivity (Wildman–Crippen MR) is 91.9 cm³/mol. The third-order valence-corrected chi connectivity index (χ3v) is 5.39. The van der Waals surface area contributed by atoms with Crippen LogP contribution in [-0.2, 0) is 23.1 Å². The Morgan fingerprint density at radius 3 is 2.96 bits per heavy atom. The number of carbonyl (C=O) groups is 1. The van der Waals surface area contributed by atoms with Crippen LogP contribution in [0.15, 0.2) is 17.8 Å². The van der Waals surface area contributed by atoms with E-state index in [4.69, 9.17) is 4.74 Å². The number of methoxy groups -OCH3 is 1. The fraction of sp³-hybridized carbons (Fsp3) is 0.562. The van der Waals surface area contributed by atoms with Gasteiger partial charge in [-0.05, 0) is 13.0 Å². The summed E-state index contributed by atoms with van der Waals surface area (Å²) in [5.41, 5.74) is 4.11. The van der Waals surface area contributed by atoms with Gasteiger partial charge in [-0.3, -0.25) is 14.4 Å². The minimum Gasteiger partial charge on any atom is -0.375 e. The Kier molecular flexibility index (Phi) is 5.27. The molecular weight excluding hydrogens is 326 g/mol. The van der Waals surface area contributed by atoms with Crippen LogP contribution in [0.5, 0.6) is 0 Å². The lowest BCUT2D eigenvalue weighted by atomic mass is 9.99. The Morgan fingerprint density at radius 1 is 1.50 bits per heavy atom. The molecule has 1 saturated heterocycles. The van der Waals surface area contributed by atoms with Crippen LogP contribution in [-0.4, -0.2) is 58.4 Å². The zero-order chi connectivity index (χ0) is 17.1. The average molecular weight is 349 g/mol. The van der Waals surface area contributed by atoms with Crippen LogP contribution in [0, 0.1) is 6.92 Å². The fourth-order valence-electron chi connectivity index (χ4n) is 3.27.